The summed E-state index contributed by atoms with van der Waals surface area (Å²) in [5.74, 6) is 1.87. The van der Waals surface area contributed by atoms with Crippen LogP contribution >= 0.6 is 0 Å². The van der Waals surface area contributed by atoms with Crippen molar-refractivity contribution >= 4 is 0 Å². The van der Waals surface area contributed by atoms with Crippen LogP contribution in [0, 0.1) is 11.8 Å². The molecule has 84 valence electrons. The van der Waals surface area contributed by atoms with E-state index in [1.54, 1.807) is 0 Å². The summed E-state index contributed by atoms with van der Waals surface area (Å²) in [6.07, 6.45) is 8.52. The van der Waals surface area contributed by atoms with Crippen LogP contribution in [-0.4, -0.2) is 12.6 Å². The molecule has 1 atom stereocenters. The smallest absolute Gasteiger partial charge is 0.00388 e. The Kier molecular flexibility index (Phi) is 5.54. The van der Waals surface area contributed by atoms with Gasteiger partial charge in [0.2, 0.25) is 0 Å². The van der Waals surface area contributed by atoms with Crippen LogP contribution in [0.4, 0.5) is 0 Å². The zero-order chi connectivity index (χ0) is 10.4. The summed E-state index contributed by atoms with van der Waals surface area (Å²) in [7, 11) is 0. The maximum atomic E-state index is 3.66. The van der Waals surface area contributed by atoms with Crippen LogP contribution in [0.5, 0.6) is 0 Å². The Morgan fingerprint density at radius 3 is 2.36 bits per heavy atom. The summed E-state index contributed by atoms with van der Waals surface area (Å²) >= 11 is 0. The van der Waals surface area contributed by atoms with Gasteiger partial charge < -0.3 is 5.32 Å². The lowest BCUT2D eigenvalue weighted by Crippen LogP contribution is -2.33. The highest BCUT2D eigenvalue weighted by Gasteiger charge is 2.17. The van der Waals surface area contributed by atoms with Crippen molar-refractivity contribution < 1.29 is 0 Å². The van der Waals surface area contributed by atoms with Crippen molar-refractivity contribution in [3.8, 4) is 0 Å². The summed E-state index contributed by atoms with van der Waals surface area (Å²) in [5.41, 5.74) is 0. The summed E-state index contributed by atoms with van der Waals surface area (Å²) in [6.45, 7) is 8.22. The van der Waals surface area contributed by atoms with Gasteiger partial charge in [0.15, 0.2) is 0 Å². The molecule has 0 aromatic carbocycles. The topological polar surface area (TPSA) is 12.0 Å². The van der Waals surface area contributed by atoms with Crippen LogP contribution < -0.4 is 5.32 Å². The van der Waals surface area contributed by atoms with Gasteiger partial charge in [-0.25, -0.2) is 0 Å². The molecular weight excluding hydrogens is 170 g/mol. The predicted octanol–water partition coefficient (Wildman–Crippen LogP) is 3.59. The molecule has 1 heteroatoms. The van der Waals surface area contributed by atoms with Crippen molar-refractivity contribution in [3.05, 3.63) is 0 Å². The van der Waals surface area contributed by atoms with Crippen molar-refractivity contribution in [2.75, 3.05) is 6.54 Å². The third-order valence-corrected chi connectivity index (χ3v) is 3.40. The van der Waals surface area contributed by atoms with E-state index in [-0.39, 0.29) is 0 Å². The Morgan fingerprint density at radius 2 is 1.86 bits per heavy atom. The third-order valence-electron chi connectivity index (χ3n) is 3.40. The van der Waals surface area contributed by atoms with E-state index in [0.29, 0.717) is 0 Å². The average Bonchev–Trinajstić information content (AvgIpc) is 2.00. The standard InChI is InChI=1S/C13H27N/c1-11(2)6-4-7-12(3)14-10-13-8-5-9-13/h11-14H,4-10H2,1-3H3. The van der Waals surface area contributed by atoms with Crippen LogP contribution in [0.15, 0.2) is 0 Å². The second-order valence-corrected chi connectivity index (χ2v) is 5.43. The van der Waals surface area contributed by atoms with E-state index < -0.39 is 0 Å². The van der Waals surface area contributed by atoms with Gasteiger partial charge in [-0.1, -0.05) is 33.1 Å². The molecule has 0 amide bonds. The lowest BCUT2D eigenvalue weighted by atomic mass is 9.85. The molecule has 1 unspecified atom stereocenters. The summed E-state index contributed by atoms with van der Waals surface area (Å²) in [6, 6.07) is 0.731. The third kappa shape index (κ3) is 4.99. The van der Waals surface area contributed by atoms with Crippen molar-refractivity contribution in [3.63, 3.8) is 0 Å². The maximum absolute atomic E-state index is 3.66. The van der Waals surface area contributed by atoms with E-state index in [1.165, 1.54) is 45.1 Å². The lowest BCUT2D eigenvalue weighted by molar-refractivity contribution is 0.287. The maximum Gasteiger partial charge on any atom is 0.00388 e. The van der Waals surface area contributed by atoms with Gasteiger partial charge in [0.05, 0.1) is 0 Å². The molecule has 0 radical (unpaired) electrons. The Balaban J connectivity index is 1.89. The van der Waals surface area contributed by atoms with Gasteiger partial charge in [0, 0.05) is 6.04 Å². The molecule has 0 heterocycles. The molecule has 0 aromatic rings. The molecule has 0 saturated heterocycles. The predicted molar refractivity (Wildman–Crippen MR) is 63.5 cm³/mol. The second-order valence-electron chi connectivity index (χ2n) is 5.43. The van der Waals surface area contributed by atoms with E-state index in [2.05, 4.69) is 26.1 Å². The first-order chi connectivity index (χ1) is 6.68. The first-order valence-electron chi connectivity index (χ1n) is 6.42. The molecule has 0 aromatic heterocycles. The highest BCUT2D eigenvalue weighted by Crippen LogP contribution is 2.25. The number of rotatable bonds is 7. The van der Waals surface area contributed by atoms with Gasteiger partial charge in [-0.15, -0.1) is 0 Å². The van der Waals surface area contributed by atoms with E-state index >= 15 is 0 Å². The molecule has 1 N–H and O–H groups in total. The Labute approximate surface area is 89.7 Å². The fraction of sp³-hybridized carbons (Fsp3) is 1.00. The van der Waals surface area contributed by atoms with Gasteiger partial charge in [-0.05, 0) is 44.6 Å². The van der Waals surface area contributed by atoms with Gasteiger partial charge in [-0.3, -0.25) is 0 Å². The molecule has 0 aliphatic heterocycles. The van der Waals surface area contributed by atoms with Crippen molar-refractivity contribution in [2.45, 2.75) is 65.3 Å². The number of nitrogens with one attached hydrogen (secondary N) is 1. The fourth-order valence-corrected chi connectivity index (χ4v) is 2.00. The molecule has 0 spiro atoms. The monoisotopic (exact) mass is 197 g/mol. The molecule has 1 saturated carbocycles. The van der Waals surface area contributed by atoms with E-state index in [4.69, 9.17) is 0 Å². The largest absolute Gasteiger partial charge is 0.314 e. The first-order valence-corrected chi connectivity index (χ1v) is 6.42. The Morgan fingerprint density at radius 1 is 1.14 bits per heavy atom. The SMILES string of the molecule is CC(C)CCCC(C)NCC1CCC1. The van der Waals surface area contributed by atoms with E-state index in [0.717, 1.165) is 17.9 Å². The summed E-state index contributed by atoms with van der Waals surface area (Å²) < 4.78 is 0. The van der Waals surface area contributed by atoms with E-state index in [1.807, 2.05) is 0 Å². The Bertz CT molecular complexity index is 138. The zero-order valence-electron chi connectivity index (χ0n) is 10.2. The lowest BCUT2D eigenvalue weighted by Gasteiger charge is -2.27. The van der Waals surface area contributed by atoms with Gasteiger partial charge in [-0.2, -0.15) is 0 Å². The van der Waals surface area contributed by atoms with Crippen LogP contribution in [0.1, 0.15) is 59.3 Å². The molecule has 0 bridgehead atoms. The zero-order valence-corrected chi connectivity index (χ0v) is 10.2. The first kappa shape index (κ1) is 12.0. The van der Waals surface area contributed by atoms with Gasteiger partial charge in [0.25, 0.3) is 0 Å². The molecule has 14 heavy (non-hydrogen) atoms. The van der Waals surface area contributed by atoms with Crippen LogP contribution in [0.25, 0.3) is 0 Å². The summed E-state index contributed by atoms with van der Waals surface area (Å²) in [5, 5.41) is 3.66. The Hall–Kier alpha value is -0.0400. The van der Waals surface area contributed by atoms with Crippen LogP contribution in [0.3, 0.4) is 0 Å². The van der Waals surface area contributed by atoms with Crippen LogP contribution in [-0.2, 0) is 0 Å². The minimum Gasteiger partial charge on any atom is -0.314 e. The average molecular weight is 197 g/mol. The number of hydrogen-bond donors (Lipinski definition) is 1. The van der Waals surface area contributed by atoms with Gasteiger partial charge in [0.1, 0.15) is 0 Å². The van der Waals surface area contributed by atoms with Crippen molar-refractivity contribution in [1.82, 2.24) is 5.32 Å². The summed E-state index contributed by atoms with van der Waals surface area (Å²) in [4.78, 5) is 0. The molecule has 1 fully saturated rings. The highest BCUT2D eigenvalue weighted by atomic mass is 14.9. The molecule has 1 nitrogen and oxygen atoms in total. The molecule has 1 aliphatic carbocycles. The van der Waals surface area contributed by atoms with E-state index in [9.17, 15) is 0 Å². The molecular formula is C13H27N. The van der Waals surface area contributed by atoms with Crippen LogP contribution in [0.2, 0.25) is 0 Å². The van der Waals surface area contributed by atoms with Crippen molar-refractivity contribution in [1.29, 1.82) is 0 Å². The van der Waals surface area contributed by atoms with Crippen molar-refractivity contribution in [2.24, 2.45) is 11.8 Å². The normalized spacial score (nSPS) is 19.7. The minimum absolute atomic E-state index is 0.731. The number of hydrogen-bond acceptors (Lipinski definition) is 1. The minimum atomic E-state index is 0.731. The molecule has 1 rings (SSSR count). The highest BCUT2D eigenvalue weighted by molar-refractivity contribution is 4.73. The quantitative estimate of drug-likeness (QED) is 0.657. The fourth-order valence-electron chi connectivity index (χ4n) is 2.00. The van der Waals surface area contributed by atoms with Gasteiger partial charge >= 0.3 is 0 Å². The second kappa shape index (κ2) is 6.44. The molecule has 1 aliphatic rings.